The van der Waals surface area contributed by atoms with Crippen LogP contribution in [0.15, 0.2) is 53.7 Å². The highest BCUT2D eigenvalue weighted by Gasteiger charge is 2.25. The van der Waals surface area contributed by atoms with Crippen LogP contribution < -0.4 is 15.0 Å². The number of hydrogen-bond donors (Lipinski definition) is 1. The van der Waals surface area contributed by atoms with E-state index in [1.807, 2.05) is 0 Å². The largest absolute Gasteiger partial charge is 0.497 e. The molecule has 0 saturated carbocycles. The van der Waals surface area contributed by atoms with Crippen LogP contribution in [0.1, 0.15) is 0 Å². The van der Waals surface area contributed by atoms with Gasteiger partial charge in [0.2, 0.25) is 0 Å². The Morgan fingerprint density at radius 2 is 1.96 bits per heavy atom. The van der Waals surface area contributed by atoms with E-state index >= 15 is 0 Å². The molecule has 0 radical (unpaired) electrons. The summed E-state index contributed by atoms with van der Waals surface area (Å²) in [6, 6.07) is 10.0. The van der Waals surface area contributed by atoms with Crippen molar-refractivity contribution in [2.24, 2.45) is 0 Å². The smallest absolute Gasteiger partial charge is 0.268 e. The lowest BCUT2D eigenvalue weighted by atomic mass is 10.3. The van der Waals surface area contributed by atoms with E-state index in [4.69, 9.17) is 4.74 Å². The number of pyridine rings is 1. The zero-order chi connectivity index (χ0) is 18.1. The molecule has 0 spiro atoms. The number of nitrogens with zero attached hydrogens (tertiary/aromatic N) is 3. The van der Waals surface area contributed by atoms with Crippen LogP contribution in [-0.4, -0.2) is 50.7 Å². The summed E-state index contributed by atoms with van der Waals surface area (Å²) in [5.41, 5.74) is 2.11. The Bertz CT molecular complexity index is 1040. The highest BCUT2D eigenvalue weighted by Crippen LogP contribution is 2.31. The number of methoxy groups -OCH3 is 1. The molecule has 0 atom stereocenters. The van der Waals surface area contributed by atoms with Crippen molar-refractivity contribution < 1.29 is 13.2 Å². The lowest BCUT2D eigenvalue weighted by Gasteiger charge is -2.28. The second-order valence-electron chi connectivity index (χ2n) is 6.10. The molecule has 4 rings (SSSR count). The van der Waals surface area contributed by atoms with Crippen LogP contribution in [0.4, 0.5) is 5.69 Å². The van der Waals surface area contributed by atoms with Crippen LogP contribution in [0.2, 0.25) is 0 Å². The first-order valence-electron chi connectivity index (χ1n) is 8.42. The summed E-state index contributed by atoms with van der Waals surface area (Å²) < 4.78 is 33.0. The minimum atomic E-state index is -3.76. The summed E-state index contributed by atoms with van der Waals surface area (Å²) >= 11 is 0. The van der Waals surface area contributed by atoms with Gasteiger partial charge in [0.1, 0.15) is 11.3 Å². The molecule has 1 aliphatic heterocycles. The number of ether oxygens (including phenoxy) is 1. The summed E-state index contributed by atoms with van der Waals surface area (Å²) in [5, 5.41) is 3.31. The lowest BCUT2D eigenvalue weighted by Crippen LogP contribution is -2.43. The first-order valence-corrected chi connectivity index (χ1v) is 9.86. The standard InChI is InChI=1S/C18H20N4O3S/c1-25-14-4-2-5-15(12-14)26(23,24)22-13-17(21-10-8-19-9-11-21)18-16(22)6-3-7-20-18/h2-7,12-13,19H,8-11H2,1H3. The first-order chi connectivity index (χ1) is 12.6. The number of fused-ring (bicyclic) bond motifs is 1. The second-order valence-corrected chi connectivity index (χ2v) is 7.92. The summed E-state index contributed by atoms with van der Waals surface area (Å²) in [6.45, 7) is 3.36. The van der Waals surface area contributed by atoms with Gasteiger partial charge < -0.3 is 15.0 Å². The fraction of sp³-hybridized carbons (Fsp3) is 0.278. The Morgan fingerprint density at radius 1 is 1.15 bits per heavy atom. The maximum atomic E-state index is 13.3. The fourth-order valence-corrected chi connectivity index (χ4v) is 4.61. The average Bonchev–Trinajstić information content (AvgIpc) is 3.09. The maximum absolute atomic E-state index is 13.3. The van der Waals surface area contributed by atoms with Gasteiger partial charge in [-0.2, -0.15) is 0 Å². The third kappa shape index (κ3) is 2.81. The van der Waals surface area contributed by atoms with Crippen molar-refractivity contribution in [3.8, 4) is 5.75 Å². The van der Waals surface area contributed by atoms with Gasteiger partial charge in [-0.05, 0) is 24.3 Å². The van der Waals surface area contributed by atoms with Gasteiger partial charge in [0.15, 0.2) is 0 Å². The van der Waals surface area contributed by atoms with E-state index in [1.165, 1.54) is 17.1 Å². The van der Waals surface area contributed by atoms with Crippen LogP contribution in [0.3, 0.4) is 0 Å². The van der Waals surface area contributed by atoms with Crippen LogP contribution >= 0.6 is 0 Å². The van der Waals surface area contributed by atoms with Crippen LogP contribution in [0, 0.1) is 0 Å². The zero-order valence-electron chi connectivity index (χ0n) is 14.4. The molecule has 1 aromatic carbocycles. The van der Waals surface area contributed by atoms with E-state index in [1.54, 1.807) is 42.7 Å². The lowest BCUT2D eigenvalue weighted by molar-refractivity contribution is 0.413. The highest BCUT2D eigenvalue weighted by molar-refractivity contribution is 7.90. The molecule has 0 amide bonds. The Labute approximate surface area is 152 Å². The number of rotatable bonds is 4. The predicted octanol–water partition coefficient (Wildman–Crippen LogP) is 1.69. The molecule has 3 aromatic rings. The van der Waals surface area contributed by atoms with Gasteiger partial charge in [-0.3, -0.25) is 4.98 Å². The van der Waals surface area contributed by atoms with E-state index in [0.29, 0.717) is 16.8 Å². The van der Waals surface area contributed by atoms with Crippen molar-refractivity contribution >= 4 is 26.7 Å². The van der Waals surface area contributed by atoms with Crippen LogP contribution in [0.25, 0.3) is 11.0 Å². The number of hydrogen-bond acceptors (Lipinski definition) is 6. The Balaban J connectivity index is 1.88. The van der Waals surface area contributed by atoms with Crippen molar-refractivity contribution in [3.63, 3.8) is 0 Å². The second kappa shape index (κ2) is 6.62. The van der Waals surface area contributed by atoms with E-state index < -0.39 is 10.0 Å². The molecule has 1 fully saturated rings. The number of benzene rings is 1. The molecule has 1 N–H and O–H groups in total. The normalized spacial score (nSPS) is 15.3. The quantitative estimate of drug-likeness (QED) is 0.751. The van der Waals surface area contributed by atoms with Gasteiger partial charge in [-0.15, -0.1) is 0 Å². The highest BCUT2D eigenvalue weighted by atomic mass is 32.2. The zero-order valence-corrected chi connectivity index (χ0v) is 15.2. The Kier molecular flexibility index (Phi) is 4.29. The van der Waals surface area contributed by atoms with E-state index in [-0.39, 0.29) is 4.90 Å². The molecule has 8 heteroatoms. The van der Waals surface area contributed by atoms with Gasteiger partial charge in [-0.25, -0.2) is 12.4 Å². The van der Waals surface area contributed by atoms with Gasteiger partial charge in [-0.1, -0.05) is 6.07 Å². The van der Waals surface area contributed by atoms with Gasteiger partial charge in [0.25, 0.3) is 10.0 Å². The molecule has 3 heterocycles. The van der Waals surface area contributed by atoms with Crippen molar-refractivity contribution in [1.29, 1.82) is 0 Å². The molecule has 2 aromatic heterocycles. The average molecular weight is 372 g/mol. The van der Waals surface area contributed by atoms with E-state index in [9.17, 15) is 8.42 Å². The Hall–Kier alpha value is -2.58. The van der Waals surface area contributed by atoms with Crippen LogP contribution in [-0.2, 0) is 10.0 Å². The number of piperazine rings is 1. The minimum absolute atomic E-state index is 0.185. The van der Waals surface area contributed by atoms with Crippen molar-refractivity contribution in [2.45, 2.75) is 4.90 Å². The van der Waals surface area contributed by atoms with E-state index in [2.05, 4.69) is 15.2 Å². The molecule has 1 saturated heterocycles. The minimum Gasteiger partial charge on any atom is -0.497 e. The van der Waals surface area contributed by atoms with Crippen molar-refractivity contribution in [2.75, 3.05) is 38.2 Å². The molecule has 136 valence electrons. The third-order valence-corrected chi connectivity index (χ3v) is 6.23. The molecule has 1 aliphatic rings. The van der Waals surface area contributed by atoms with Gasteiger partial charge in [0, 0.05) is 44.6 Å². The number of aromatic nitrogens is 2. The number of anilines is 1. The molecular weight excluding hydrogens is 352 g/mol. The summed E-state index contributed by atoms with van der Waals surface area (Å²) in [6.07, 6.45) is 3.37. The first kappa shape index (κ1) is 16.9. The summed E-state index contributed by atoms with van der Waals surface area (Å²) in [5.74, 6) is 0.503. The van der Waals surface area contributed by atoms with Crippen LogP contribution in [0.5, 0.6) is 5.75 Å². The predicted molar refractivity (Wildman–Crippen MR) is 100 cm³/mol. The fourth-order valence-electron chi connectivity index (χ4n) is 3.22. The number of nitrogens with one attached hydrogen (secondary N) is 1. The molecule has 0 unspecified atom stereocenters. The molecule has 7 nitrogen and oxygen atoms in total. The monoisotopic (exact) mass is 372 g/mol. The molecule has 26 heavy (non-hydrogen) atoms. The topological polar surface area (TPSA) is 76.5 Å². The molecule has 0 bridgehead atoms. The van der Waals surface area contributed by atoms with Crippen molar-refractivity contribution in [1.82, 2.24) is 14.3 Å². The SMILES string of the molecule is COc1cccc(S(=O)(=O)n2cc(N3CCNCC3)c3ncccc32)c1. The molecular formula is C18H20N4O3S. The Morgan fingerprint density at radius 3 is 2.73 bits per heavy atom. The van der Waals surface area contributed by atoms with Gasteiger partial charge in [0.05, 0.1) is 23.2 Å². The van der Waals surface area contributed by atoms with Crippen molar-refractivity contribution in [3.05, 3.63) is 48.8 Å². The summed E-state index contributed by atoms with van der Waals surface area (Å²) in [7, 11) is -2.24. The summed E-state index contributed by atoms with van der Waals surface area (Å²) in [4.78, 5) is 6.80. The van der Waals surface area contributed by atoms with E-state index in [0.717, 1.165) is 31.9 Å². The third-order valence-electron chi connectivity index (χ3n) is 4.56. The van der Waals surface area contributed by atoms with Gasteiger partial charge >= 0.3 is 0 Å². The maximum Gasteiger partial charge on any atom is 0.268 e. The molecule has 0 aliphatic carbocycles.